The van der Waals surface area contributed by atoms with Crippen LogP contribution < -0.4 is 14.9 Å². The zero-order valence-electron chi connectivity index (χ0n) is 18.2. The summed E-state index contributed by atoms with van der Waals surface area (Å²) < 4.78 is 27.7. The van der Waals surface area contributed by atoms with Crippen molar-refractivity contribution in [3.8, 4) is 0 Å². The van der Waals surface area contributed by atoms with Crippen LogP contribution in [0.1, 0.15) is 13.8 Å². The van der Waals surface area contributed by atoms with Crippen molar-refractivity contribution in [2.75, 3.05) is 36.4 Å². The number of hydrogen-bond donors (Lipinski definition) is 2. The summed E-state index contributed by atoms with van der Waals surface area (Å²) in [7, 11) is -3.95. The molecule has 1 saturated heterocycles. The molecule has 33 heavy (non-hydrogen) atoms. The normalized spacial score (nSPS) is 15.1. The summed E-state index contributed by atoms with van der Waals surface area (Å²) in [5, 5.41) is 13.8. The molecule has 1 atom stereocenters. The van der Waals surface area contributed by atoms with Gasteiger partial charge in [-0.05, 0) is 37.3 Å². The number of carbonyl (C=O) groups is 2. The average molecular weight is 476 g/mol. The molecule has 1 heterocycles. The topological polar surface area (TPSA) is 142 Å². The van der Waals surface area contributed by atoms with E-state index in [1.165, 1.54) is 44.2 Å². The van der Waals surface area contributed by atoms with Crippen molar-refractivity contribution in [2.24, 2.45) is 0 Å². The first kappa shape index (κ1) is 24.1. The molecule has 1 aliphatic heterocycles. The Morgan fingerprint density at radius 1 is 1.03 bits per heavy atom. The van der Waals surface area contributed by atoms with Crippen molar-refractivity contribution in [1.82, 2.24) is 9.62 Å². The fourth-order valence-corrected chi connectivity index (χ4v) is 4.80. The zero-order chi connectivity index (χ0) is 24.2. The molecule has 0 spiro atoms. The van der Waals surface area contributed by atoms with Crippen molar-refractivity contribution in [2.45, 2.75) is 24.8 Å². The highest BCUT2D eigenvalue weighted by Crippen LogP contribution is 2.28. The lowest BCUT2D eigenvalue weighted by Crippen LogP contribution is -2.54. The smallest absolute Gasteiger partial charge is 0.292 e. The van der Waals surface area contributed by atoms with Crippen LogP contribution in [0.15, 0.2) is 53.4 Å². The minimum Gasteiger partial charge on any atom is -0.362 e. The summed E-state index contributed by atoms with van der Waals surface area (Å²) in [6.07, 6.45) is 0. The molecule has 2 aromatic carbocycles. The maximum atomic E-state index is 12.8. The van der Waals surface area contributed by atoms with Crippen LogP contribution in [-0.4, -0.2) is 62.3 Å². The van der Waals surface area contributed by atoms with Gasteiger partial charge in [-0.1, -0.05) is 12.1 Å². The fourth-order valence-electron chi connectivity index (χ4n) is 3.60. The molecular weight excluding hydrogens is 450 g/mol. The van der Waals surface area contributed by atoms with Gasteiger partial charge in [0.25, 0.3) is 5.69 Å². The Morgan fingerprint density at radius 3 is 2.21 bits per heavy atom. The molecule has 0 radical (unpaired) electrons. The number of anilines is 2. The molecule has 0 bridgehead atoms. The molecule has 2 aromatic rings. The van der Waals surface area contributed by atoms with Gasteiger partial charge in [-0.3, -0.25) is 19.7 Å². The Bertz CT molecular complexity index is 1140. The average Bonchev–Trinajstić information content (AvgIpc) is 2.78. The Hall–Kier alpha value is -3.51. The predicted molar refractivity (Wildman–Crippen MR) is 122 cm³/mol. The number of carbonyl (C=O) groups excluding carboxylic acids is 2. The van der Waals surface area contributed by atoms with Gasteiger partial charge in [0, 0.05) is 44.9 Å². The number of para-hydroxylation sites is 2. The van der Waals surface area contributed by atoms with Gasteiger partial charge in [0.1, 0.15) is 5.69 Å². The number of nitro benzene ring substituents is 1. The molecule has 0 saturated carbocycles. The van der Waals surface area contributed by atoms with Crippen LogP contribution >= 0.6 is 0 Å². The van der Waals surface area contributed by atoms with E-state index in [2.05, 4.69) is 10.0 Å². The molecule has 1 fully saturated rings. The van der Waals surface area contributed by atoms with Crippen molar-refractivity contribution in [3.63, 3.8) is 0 Å². The van der Waals surface area contributed by atoms with E-state index in [4.69, 9.17) is 0 Å². The van der Waals surface area contributed by atoms with Gasteiger partial charge in [-0.2, -0.15) is 4.72 Å². The van der Waals surface area contributed by atoms with Gasteiger partial charge in [-0.25, -0.2) is 8.42 Å². The first-order chi connectivity index (χ1) is 15.6. The molecule has 0 aliphatic carbocycles. The summed E-state index contributed by atoms with van der Waals surface area (Å²) in [5.74, 6) is -0.652. The molecule has 176 valence electrons. The fraction of sp³-hybridized carbons (Fsp3) is 0.333. The molecule has 0 unspecified atom stereocenters. The molecule has 11 nitrogen and oxygen atoms in total. The highest BCUT2D eigenvalue weighted by Gasteiger charge is 2.30. The number of amides is 2. The Labute approximate surface area is 191 Å². The lowest BCUT2D eigenvalue weighted by molar-refractivity contribution is -0.384. The molecule has 0 aromatic heterocycles. The molecule has 2 N–H and O–H groups in total. The SMILES string of the molecule is CC(=O)Nc1ccc(S(=O)(=O)N[C@@H](C)C(=O)N2CCN(c3ccccc3[N+](=O)[O-])CC2)cc1. The van der Waals surface area contributed by atoms with Gasteiger partial charge in [0.15, 0.2) is 0 Å². The van der Waals surface area contributed by atoms with Gasteiger partial charge in [0.05, 0.1) is 15.9 Å². The number of piperazine rings is 1. The second-order valence-corrected chi connectivity index (χ2v) is 9.32. The first-order valence-electron chi connectivity index (χ1n) is 10.3. The monoisotopic (exact) mass is 475 g/mol. The Balaban J connectivity index is 1.61. The lowest BCUT2D eigenvalue weighted by atomic mass is 10.2. The van der Waals surface area contributed by atoms with Crippen molar-refractivity contribution < 1.29 is 22.9 Å². The van der Waals surface area contributed by atoms with E-state index in [1.807, 2.05) is 4.90 Å². The number of rotatable bonds is 7. The Kier molecular flexibility index (Phi) is 7.29. The third-order valence-electron chi connectivity index (χ3n) is 5.20. The van der Waals surface area contributed by atoms with Crippen LogP contribution in [0.3, 0.4) is 0 Å². The summed E-state index contributed by atoms with van der Waals surface area (Å²) in [6, 6.07) is 11.0. The number of sulfonamides is 1. The van der Waals surface area contributed by atoms with Crippen LogP contribution in [0.5, 0.6) is 0 Å². The standard InChI is InChI=1S/C21H25N5O6S/c1-15(23-33(31,32)18-9-7-17(8-10-18)22-16(2)27)21(28)25-13-11-24(12-14-25)19-5-3-4-6-20(19)26(29)30/h3-10,15,23H,11-14H2,1-2H3,(H,22,27)/t15-/m0/s1. The summed E-state index contributed by atoms with van der Waals surface area (Å²) in [6.45, 7) is 4.21. The van der Waals surface area contributed by atoms with Gasteiger partial charge < -0.3 is 15.1 Å². The minimum absolute atomic E-state index is 0.00271. The third kappa shape index (κ3) is 5.84. The van der Waals surface area contributed by atoms with Gasteiger partial charge in [0.2, 0.25) is 21.8 Å². The second-order valence-electron chi connectivity index (χ2n) is 7.61. The minimum atomic E-state index is -3.95. The molecule has 2 amide bonds. The summed E-state index contributed by atoms with van der Waals surface area (Å²) >= 11 is 0. The van der Waals surface area contributed by atoms with E-state index < -0.39 is 21.0 Å². The third-order valence-corrected chi connectivity index (χ3v) is 6.75. The first-order valence-corrected chi connectivity index (χ1v) is 11.7. The Morgan fingerprint density at radius 2 is 1.64 bits per heavy atom. The number of benzene rings is 2. The van der Waals surface area contributed by atoms with Crippen LogP contribution in [0.4, 0.5) is 17.1 Å². The van der Waals surface area contributed by atoms with E-state index in [-0.39, 0.29) is 22.4 Å². The van der Waals surface area contributed by atoms with Crippen LogP contribution in [-0.2, 0) is 19.6 Å². The van der Waals surface area contributed by atoms with E-state index in [0.29, 0.717) is 37.6 Å². The van der Waals surface area contributed by atoms with Crippen LogP contribution in [0.2, 0.25) is 0 Å². The number of nitrogens with zero attached hydrogens (tertiary/aromatic N) is 3. The lowest BCUT2D eigenvalue weighted by Gasteiger charge is -2.36. The van der Waals surface area contributed by atoms with Crippen LogP contribution in [0, 0.1) is 10.1 Å². The quantitative estimate of drug-likeness (QED) is 0.457. The van der Waals surface area contributed by atoms with Crippen LogP contribution in [0.25, 0.3) is 0 Å². The molecule has 12 heteroatoms. The molecular formula is C21H25N5O6S. The second kappa shape index (κ2) is 9.96. The predicted octanol–water partition coefficient (Wildman–Crippen LogP) is 1.57. The maximum Gasteiger partial charge on any atom is 0.292 e. The highest BCUT2D eigenvalue weighted by atomic mass is 32.2. The number of nitro groups is 1. The van der Waals surface area contributed by atoms with E-state index in [1.54, 1.807) is 23.1 Å². The van der Waals surface area contributed by atoms with Gasteiger partial charge in [-0.15, -0.1) is 0 Å². The largest absolute Gasteiger partial charge is 0.362 e. The van der Waals surface area contributed by atoms with E-state index in [9.17, 15) is 28.1 Å². The van der Waals surface area contributed by atoms with Gasteiger partial charge >= 0.3 is 0 Å². The number of hydrogen-bond acceptors (Lipinski definition) is 7. The van der Waals surface area contributed by atoms with Crippen molar-refractivity contribution in [1.29, 1.82) is 0 Å². The summed E-state index contributed by atoms with van der Waals surface area (Å²) in [5.41, 5.74) is 0.955. The molecule has 3 rings (SSSR count). The molecule has 1 aliphatic rings. The van der Waals surface area contributed by atoms with Crippen molar-refractivity contribution in [3.05, 3.63) is 58.6 Å². The summed E-state index contributed by atoms with van der Waals surface area (Å²) in [4.78, 5) is 38.1. The van der Waals surface area contributed by atoms with Crippen molar-refractivity contribution >= 4 is 38.9 Å². The highest BCUT2D eigenvalue weighted by molar-refractivity contribution is 7.89. The van der Waals surface area contributed by atoms with E-state index in [0.717, 1.165) is 0 Å². The zero-order valence-corrected chi connectivity index (χ0v) is 19.0. The van der Waals surface area contributed by atoms with E-state index >= 15 is 0 Å². The maximum absolute atomic E-state index is 12.8. The number of nitrogens with one attached hydrogen (secondary N) is 2.